The summed E-state index contributed by atoms with van der Waals surface area (Å²) in [5, 5.41) is 43.3. The van der Waals surface area contributed by atoms with Gasteiger partial charge in [-0.15, -0.1) is 0 Å². The first-order valence-corrected chi connectivity index (χ1v) is 10.7. The molecule has 4 rings (SSSR count). The number of carbonyl (C=O) groups excluding carboxylic acids is 1. The lowest BCUT2D eigenvalue weighted by atomic mass is 9.90. The molecule has 5 atom stereocenters. The van der Waals surface area contributed by atoms with Crippen LogP contribution in [0.5, 0.6) is 5.75 Å². The van der Waals surface area contributed by atoms with E-state index in [4.69, 9.17) is 21.1 Å². The van der Waals surface area contributed by atoms with Crippen LogP contribution in [0.4, 0.5) is 5.69 Å². The van der Waals surface area contributed by atoms with Crippen LogP contribution in [0.15, 0.2) is 36.4 Å². The molecule has 172 valence electrons. The Balaban J connectivity index is 1.59. The fraction of sp³-hybridized carbons (Fsp3) is 0.435. The molecule has 1 fully saturated rings. The van der Waals surface area contributed by atoms with Crippen LogP contribution in [-0.4, -0.2) is 63.0 Å². The average molecular weight is 464 g/mol. The van der Waals surface area contributed by atoms with Gasteiger partial charge in [-0.1, -0.05) is 29.8 Å². The van der Waals surface area contributed by atoms with E-state index in [1.165, 1.54) is 0 Å². The van der Waals surface area contributed by atoms with Crippen molar-refractivity contribution in [2.45, 2.75) is 56.4 Å². The summed E-state index contributed by atoms with van der Waals surface area (Å²) in [5.74, 6) is 0.351. The normalized spacial score (nSPS) is 29.1. The van der Waals surface area contributed by atoms with Crippen LogP contribution in [0.25, 0.3) is 0 Å². The van der Waals surface area contributed by atoms with Crippen molar-refractivity contribution in [1.29, 1.82) is 0 Å². The zero-order valence-corrected chi connectivity index (χ0v) is 18.4. The largest absolute Gasteiger partial charge is 0.476 e. The van der Waals surface area contributed by atoms with Gasteiger partial charge in [0, 0.05) is 5.02 Å². The summed E-state index contributed by atoms with van der Waals surface area (Å²) < 4.78 is 11.4. The van der Waals surface area contributed by atoms with E-state index in [2.05, 4.69) is 5.32 Å². The van der Waals surface area contributed by atoms with Crippen LogP contribution in [-0.2, 0) is 16.0 Å². The molecule has 5 N–H and O–H groups in total. The SMILES string of the molecule is CC1(C)Oc2ccc(Cc3cc(C4OC(CO)[C@@H](O)C(O)[C@H]4O)ccc3Cl)cc2NC1=O. The lowest BCUT2D eigenvalue weighted by Crippen LogP contribution is -2.55. The van der Waals surface area contributed by atoms with Gasteiger partial charge in [0.1, 0.15) is 36.3 Å². The predicted octanol–water partition coefficient (Wildman–Crippen LogP) is 1.56. The molecule has 2 aliphatic heterocycles. The number of benzene rings is 2. The van der Waals surface area contributed by atoms with Gasteiger partial charge >= 0.3 is 0 Å². The number of amides is 1. The lowest BCUT2D eigenvalue weighted by molar-refractivity contribution is -0.231. The number of rotatable bonds is 4. The third-order valence-corrected chi connectivity index (χ3v) is 6.26. The molecule has 1 saturated heterocycles. The zero-order valence-electron chi connectivity index (χ0n) is 17.7. The van der Waals surface area contributed by atoms with Gasteiger partial charge < -0.3 is 35.2 Å². The Hall–Kier alpha value is -2.20. The highest BCUT2D eigenvalue weighted by atomic mass is 35.5. The molecule has 3 unspecified atom stereocenters. The summed E-state index contributed by atoms with van der Waals surface area (Å²) in [7, 11) is 0. The van der Waals surface area contributed by atoms with E-state index < -0.39 is 42.7 Å². The molecule has 0 spiro atoms. The summed E-state index contributed by atoms with van der Waals surface area (Å²) in [6, 6.07) is 10.6. The van der Waals surface area contributed by atoms with Crippen molar-refractivity contribution in [3.8, 4) is 5.75 Å². The topological polar surface area (TPSA) is 128 Å². The minimum atomic E-state index is -1.46. The van der Waals surface area contributed by atoms with E-state index in [1.54, 1.807) is 38.1 Å². The van der Waals surface area contributed by atoms with Crippen LogP contribution >= 0.6 is 11.6 Å². The number of fused-ring (bicyclic) bond motifs is 1. The second-order valence-corrected chi connectivity index (χ2v) is 9.08. The molecule has 8 nitrogen and oxygen atoms in total. The summed E-state index contributed by atoms with van der Waals surface area (Å²) in [6.45, 7) is 2.90. The van der Waals surface area contributed by atoms with Crippen molar-refractivity contribution in [3.63, 3.8) is 0 Å². The number of aliphatic hydroxyl groups is 4. The number of carbonyl (C=O) groups is 1. The van der Waals surface area contributed by atoms with Crippen molar-refractivity contribution < 1.29 is 34.7 Å². The van der Waals surface area contributed by atoms with Crippen molar-refractivity contribution in [2.24, 2.45) is 0 Å². The van der Waals surface area contributed by atoms with E-state index in [0.717, 1.165) is 11.1 Å². The first-order chi connectivity index (χ1) is 15.1. The fourth-order valence-corrected chi connectivity index (χ4v) is 4.16. The third-order valence-electron chi connectivity index (χ3n) is 5.89. The van der Waals surface area contributed by atoms with Crippen LogP contribution in [0.1, 0.15) is 36.6 Å². The molecule has 0 bridgehead atoms. The van der Waals surface area contributed by atoms with Gasteiger partial charge in [-0.3, -0.25) is 4.79 Å². The van der Waals surface area contributed by atoms with Crippen LogP contribution in [0.2, 0.25) is 5.02 Å². The Morgan fingerprint density at radius 2 is 1.81 bits per heavy atom. The summed E-state index contributed by atoms with van der Waals surface area (Å²) in [5.41, 5.74) is 1.80. The molecule has 1 amide bonds. The number of halogens is 1. The maximum absolute atomic E-state index is 12.2. The second kappa shape index (κ2) is 8.62. The maximum atomic E-state index is 12.2. The highest BCUT2D eigenvalue weighted by Crippen LogP contribution is 2.37. The molecular formula is C23H26ClNO7. The van der Waals surface area contributed by atoms with Crippen LogP contribution < -0.4 is 10.1 Å². The molecule has 0 saturated carbocycles. The monoisotopic (exact) mass is 463 g/mol. The molecule has 2 aromatic carbocycles. The van der Waals surface area contributed by atoms with Crippen molar-refractivity contribution in [3.05, 3.63) is 58.1 Å². The number of hydrogen-bond acceptors (Lipinski definition) is 7. The number of nitrogens with one attached hydrogen (secondary N) is 1. The first kappa shape index (κ1) is 23.0. The van der Waals surface area contributed by atoms with Crippen molar-refractivity contribution in [2.75, 3.05) is 11.9 Å². The Labute approximate surface area is 190 Å². The molecule has 0 aliphatic carbocycles. The molecule has 2 heterocycles. The van der Waals surface area contributed by atoms with Gasteiger partial charge in [0.15, 0.2) is 5.60 Å². The fourth-order valence-electron chi connectivity index (χ4n) is 3.97. The maximum Gasteiger partial charge on any atom is 0.268 e. The Kier molecular flexibility index (Phi) is 6.19. The standard InChI is InChI=1S/C23H26ClNO7/c1-23(2)22(30)25-15-8-11(3-6-16(15)32-23)7-13-9-12(4-5-14(13)24)21-20(29)19(28)18(27)17(10-26)31-21/h3-6,8-9,17-21,26-29H,7,10H2,1-2H3,(H,25,30)/t17?,18-,19?,20-,21?/m1/s1. The summed E-state index contributed by atoms with van der Waals surface area (Å²) in [6.07, 6.45) is -5.77. The van der Waals surface area contributed by atoms with Crippen LogP contribution in [0.3, 0.4) is 0 Å². The third kappa shape index (κ3) is 4.22. The van der Waals surface area contributed by atoms with E-state index in [0.29, 0.717) is 28.4 Å². The van der Waals surface area contributed by atoms with Gasteiger partial charge in [-0.05, 0) is 55.2 Å². The van der Waals surface area contributed by atoms with Gasteiger partial charge in [0.05, 0.1) is 12.3 Å². The molecule has 2 aliphatic rings. The van der Waals surface area contributed by atoms with Gasteiger partial charge in [-0.25, -0.2) is 0 Å². The van der Waals surface area contributed by atoms with E-state index >= 15 is 0 Å². The lowest BCUT2D eigenvalue weighted by Gasteiger charge is -2.40. The minimum Gasteiger partial charge on any atom is -0.476 e. The molecule has 2 aromatic rings. The second-order valence-electron chi connectivity index (χ2n) is 8.67. The number of aliphatic hydroxyl groups excluding tert-OH is 4. The number of ether oxygens (including phenoxy) is 2. The smallest absolute Gasteiger partial charge is 0.268 e. The van der Waals surface area contributed by atoms with Gasteiger partial charge in [0.25, 0.3) is 5.91 Å². The molecule has 0 radical (unpaired) electrons. The quantitative estimate of drug-likeness (QED) is 0.465. The van der Waals surface area contributed by atoms with Gasteiger partial charge in [-0.2, -0.15) is 0 Å². The molecule has 9 heteroatoms. The highest BCUT2D eigenvalue weighted by molar-refractivity contribution is 6.31. The average Bonchev–Trinajstić information content (AvgIpc) is 2.75. The van der Waals surface area contributed by atoms with E-state index in [-0.39, 0.29) is 5.91 Å². The number of hydrogen-bond donors (Lipinski definition) is 5. The first-order valence-electron chi connectivity index (χ1n) is 10.3. The summed E-state index contributed by atoms with van der Waals surface area (Å²) >= 11 is 6.41. The van der Waals surface area contributed by atoms with E-state index in [1.807, 2.05) is 12.1 Å². The highest BCUT2D eigenvalue weighted by Gasteiger charge is 2.44. The number of anilines is 1. The molecular weight excluding hydrogens is 438 g/mol. The Bertz CT molecular complexity index is 1030. The van der Waals surface area contributed by atoms with Crippen molar-refractivity contribution >= 4 is 23.2 Å². The Morgan fingerprint density at radius 3 is 2.53 bits per heavy atom. The van der Waals surface area contributed by atoms with Gasteiger partial charge in [0.2, 0.25) is 0 Å². The van der Waals surface area contributed by atoms with Crippen LogP contribution in [0, 0.1) is 0 Å². The summed E-state index contributed by atoms with van der Waals surface area (Å²) in [4.78, 5) is 12.2. The molecule has 0 aromatic heterocycles. The predicted molar refractivity (Wildman–Crippen MR) is 117 cm³/mol. The van der Waals surface area contributed by atoms with E-state index in [9.17, 15) is 25.2 Å². The zero-order chi connectivity index (χ0) is 23.2. The van der Waals surface area contributed by atoms with Crippen molar-refractivity contribution in [1.82, 2.24) is 0 Å². The minimum absolute atomic E-state index is 0.232. The Morgan fingerprint density at radius 1 is 1.06 bits per heavy atom. The molecule has 32 heavy (non-hydrogen) atoms.